The molecule has 21 nitrogen and oxygen atoms in total. The van der Waals surface area contributed by atoms with E-state index >= 15 is 0 Å². The van der Waals surface area contributed by atoms with Gasteiger partial charge in [-0.1, -0.05) is 47.1 Å². The maximum atomic E-state index is 14.8. The summed E-state index contributed by atoms with van der Waals surface area (Å²) in [7, 11) is 0. The Balaban J connectivity index is 0.000000663. The lowest BCUT2D eigenvalue weighted by Gasteiger charge is -2.70. The van der Waals surface area contributed by atoms with Crippen molar-refractivity contribution >= 4 is 29.4 Å². The van der Waals surface area contributed by atoms with Crippen molar-refractivity contribution in [1.29, 1.82) is 0 Å². The molecule has 0 bridgehead atoms. The zero-order chi connectivity index (χ0) is 49.7. The van der Waals surface area contributed by atoms with E-state index in [1.54, 1.807) is 0 Å². The Hall–Kier alpha value is -4.06. The highest BCUT2D eigenvalue weighted by molar-refractivity contribution is 5.95. The molecule has 7 aliphatic rings. The van der Waals surface area contributed by atoms with Crippen molar-refractivity contribution < 1.29 is 79.0 Å². The van der Waals surface area contributed by atoms with Gasteiger partial charge in [0.1, 0.15) is 42.3 Å². The van der Waals surface area contributed by atoms with Gasteiger partial charge in [-0.05, 0) is 110 Å². The van der Waals surface area contributed by atoms with E-state index in [2.05, 4.69) is 32.7 Å². The second-order valence-corrected chi connectivity index (χ2v) is 22.2. The molecule has 6 fully saturated rings. The Bertz CT molecular complexity index is 2280. The van der Waals surface area contributed by atoms with Crippen LogP contribution in [-0.4, -0.2) is 142 Å². The van der Waals surface area contributed by atoms with Crippen LogP contribution in [0.2, 0.25) is 0 Å². The number of ketones is 1. The van der Waals surface area contributed by atoms with Crippen LogP contribution >= 0.6 is 0 Å². The molecule has 0 amide bonds. The third-order valence-electron chi connectivity index (χ3n) is 18.1. The maximum absolute atomic E-state index is 14.8. The average molecular weight is 950 g/mol. The highest BCUT2D eigenvalue weighted by atomic mass is 16.8. The van der Waals surface area contributed by atoms with Crippen LogP contribution in [0.5, 0.6) is 0 Å². The van der Waals surface area contributed by atoms with Crippen LogP contribution in [-0.2, 0) is 38.1 Å². The minimum atomic E-state index is -2.05. The second-order valence-electron chi connectivity index (χ2n) is 22.2. The van der Waals surface area contributed by atoms with Gasteiger partial charge in [0.05, 0.1) is 11.5 Å². The molecule has 67 heavy (non-hydrogen) atoms. The number of carboxylic acid groups (broad SMARTS) is 3. The number of nitrogen functional groups attached to an aromatic ring is 1. The third kappa shape index (κ3) is 8.18. The number of allylic oxidation sites excluding steroid dienone is 2. The van der Waals surface area contributed by atoms with Gasteiger partial charge in [0.25, 0.3) is 5.56 Å². The lowest BCUT2D eigenvalue weighted by Crippen LogP contribution is -2.68. The number of anilines is 1. The molecule has 2 saturated heterocycles. The predicted molar refractivity (Wildman–Crippen MR) is 232 cm³/mol. The minimum Gasteiger partial charge on any atom is -0.481 e. The third-order valence-corrected chi connectivity index (χ3v) is 18.1. The van der Waals surface area contributed by atoms with Crippen LogP contribution in [0, 0.1) is 50.2 Å². The van der Waals surface area contributed by atoms with Crippen molar-refractivity contribution in [1.82, 2.24) is 9.97 Å². The van der Waals surface area contributed by atoms with Gasteiger partial charge in [-0.3, -0.25) is 19.4 Å². The van der Waals surface area contributed by atoms with Crippen molar-refractivity contribution in [3.63, 3.8) is 0 Å². The van der Waals surface area contributed by atoms with Crippen molar-refractivity contribution in [3.05, 3.63) is 38.7 Å². The number of rotatable bonds is 7. The average Bonchev–Trinajstić information content (AvgIpc) is 3.24. The number of hydrogen-bond acceptors (Lipinski definition) is 16. The molecule has 2 aliphatic heterocycles. The van der Waals surface area contributed by atoms with Gasteiger partial charge in [-0.15, -0.1) is 0 Å². The smallest absolute Gasteiger partial charge is 0.335 e. The molecule has 19 atom stereocenters. The number of hydrogen-bond donors (Lipinski definition) is 11. The number of fused-ring (bicyclic) bond motifs is 7. The maximum Gasteiger partial charge on any atom is 0.335 e. The lowest BCUT2D eigenvalue weighted by atomic mass is 9.33. The molecule has 4 saturated carbocycles. The van der Waals surface area contributed by atoms with Crippen LogP contribution < -0.4 is 17.0 Å². The van der Waals surface area contributed by atoms with E-state index < -0.39 is 118 Å². The number of carbonyl (C=O) groups excluding carboxylic acids is 1. The van der Waals surface area contributed by atoms with Crippen LogP contribution in [0.25, 0.3) is 0 Å². The predicted octanol–water partition coefficient (Wildman–Crippen LogP) is 0.891. The summed E-state index contributed by atoms with van der Waals surface area (Å²) < 4.78 is 23.4. The van der Waals surface area contributed by atoms with Crippen molar-refractivity contribution in [3.8, 4) is 0 Å². The topological polar surface area (TPSA) is 359 Å². The Kier molecular flexibility index (Phi) is 13.2. The summed E-state index contributed by atoms with van der Waals surface area (Å²) in [6.45, 7) is 14.8. The molecule has 0 radical (unpaired) electrons. The van der Waals surface area contributed by atoms with E-state index in [4.69, 9.17) is 24.7 Å². The van der Waals surface area contributed by atoms with Crippen LogP contribution in [0.3, 0.4) is 0 Å². The summed E-state index contributed by atoms with van der Waals surface area (Å²) in [5.41, 5.74) is 2.17. The van der Waals surface area contributed by atoms with Gasteiger partial charge in [-0.2, -0.15) is 0 Å². The first-order chi connectivity index (χ1) is 31.0. The van der Waals surface area contributed by atoms with Gasteiger partial charge >= 0.3 is 23.6 Å². The quantitative estimate of drug-likeness (QED) is 0.169. The highest BCUT2D eigenvalue weighted by Crippen LogP contribution is 2.75. The van der Waals surface area contributed by atoms with Gasteiger partial charge < -0.3 is 70.5 Å². The molecule has 8 rings (SSSR count). The molecule has 3 heterocycles. The van der Waals surface area contributed by atoms with E-state index in [1.807, 2.05) is 31.8 Å². The Morgan fingerprint density at radius 1 is 0.731 bits per heavy atom. The number of aromatic amines is 2. The van der Waals surface area contributed by atoms with Gasteiger partial charge in [-0.25, -0.2) is 14.4 Å². The molecule has 12 N–H and O–H groups in total. The number of carbonyl (C=O) groups is 4. The zero-order valence-electron chi connectivity index (χ0n) is 38.8. The normalized spacial score (nSPS) is 46.7. The van der Waals surface area contributed by atoms with Crippen molar-refractivity contribution in [2.45, 2.75) is 174 Å². The van der Waals surface area contributed by atoms with E-state index in [0.717, 1.165) is 43.9 Å². The monoisotopic (exact) mass is 949 g/mol. The molecule has 0 unspecified atom stereocenters. The molecule has 0 spiro atoms. The number of aromatic nitrogens is 2. The lowest BCUT2D eigenvalue weighted by molar-refractivity contribution is -0.371. The number of nitrogens with two attached hydrogens (primary N) is 1. The van der Waals surface area contributed by atoms with E-state index in [-0.39, 0.29) is 40.1 Å². The first kappa shape index (κ1) is 50.8. The number of carboxylic acids is 3. The first-order valence-electron chi connectivity index (χ1n) is 23.0. The molecule has 0 aromatic carbocycles. The summed E-state index contributed by atoms with van der Waals surface area (Å²) >= 11 is 0. The molecule has 1 aromatic rings. The molecule has 374 valence electrons. The number of aliphatic hydroxyl groups excluding tert-OH is 5. The van der Waals surface area contributed by atoms with Crippen molar-refractivity contribution in [2.75, 3.05) is 5.73 Å². The first-order valence-corrected chi connectivity index (χ1v) is 23.0. The number of aliphatic hydroxyl groups is 5. The summed E-state index contributed by atoms with van der Waals surface area (Å²) in [6.07, 6.45) is -11.1. The van der Waals surface area contributed by atoms with E-state index in [0.29, 0.717) is 25.7 Å². The van der Waals surface area contributed by atoms with Gasteiger partial charge in [0, 0.05) is 12.1 Å². The van der Waals surface area contributed by atoms with Crippen LogP contribution in [0.15, 0.2) is 27.4 Å². The molecular weight excluding hydrogens is 883 g/mol. The second kappa shape index (κ2) is 17.4. The minimum absolute atomic E-state index is 0.00889. The van der Waals surface area contributed by atoms with Gasteiger partial charge in [0.2, 0.25) is 0 Å². The molecule has 5 aliphatic carbocycles. The molecule has 21 heteroatoms. The number of nitrogens with one attached hydrogen (secondary N) is 2. The van der Waals surface area contributed by atoms with Crippen LogP contribution in [0.4, 0.5) is 5.69 Å². The largest absolute Gasteiger partial charge is 0.481 e. The van der Waals surface area contributed by atoms with Gasteiger partial charge in [0.15, 0.2) is 30.6 Å². The number of H-pyrrole nitrogens is 2. The summed E-state index contributed by atoms with van der Waals surface area (Å²) in [6, 6.07) is 0. The Morgan fingerprint density at radius 2 is 1.33 bits per heavy atom. The zero-order valence-corrected chi connectivity index (χ0v) is 38.8. The molecular formula is C46H67N3O18. The summed E-state index contributed by atoms with van der Waals surface area (Å²) in [5, 5.41) is 83.0. The fraction of sp³-hybridized carbons (Fsp3) is 0.783. The SMILES string of the molecule is CC1(C)[C@@H](O[C@H]2O[C@H](C(=O)O)[C@@H](O)[C@H](O)[C@H]2O[C@@H]2O[C@H](C(=O)O)[C@@H](O)[C@H](O)[C@H]2O)CC[C@]2(C)[C@H]3C(=O)C=C4[C@@H]5C[C@@](C)(C(=O)O)CC[C@]5(C)CC[C@@]4(C)[C@]3(C)CC[C@@H]12.Nc1c[nH]c(=O)[nH]c1=O. The van der Waals surface area contributed by atoms with Crippen LogP contribution in [0.1, 0.15) is 106 Å². The van der Waals surface area contributed by atoms with Crippen molar-refractivity contribution in [2.24, 2.45) is 50.2 Å². The standard InChI is InChI=1S/C42H62O16.C4H5N3O2/c1-37(2)21-8-11-42(7)31(20(43)16-18-19-17-39(4,36(53)54)13-12-38(19,3)14-15-41(18,42)6)40(21,5)10-9-22(37)55-35-30(26(47)25(46)29(57-35)33(51)52)58-34-27(48)23(44)24(45)28(56-34)32(49)50;5-2-1-6-4(9)7-3(2)8/h16,19,21-31,34-35,44-48H,8-15,17H2,1-7H3,(H,49,50)(H,51,52)(H,53,54);1H,5H2,(H2,6,7,8,9)/t19-,21-,22-,23-,24-,25-,26-,27+,28-,29-,30+,31+,34-,35-,38+,39-,40-,41+,42+;/m0./s1. The van der Waals surface area contributed by atoms with E-state index in [1.165, 1.54) is 0 Å². The summed E-state index contributed by atoms with van der Waals surface area (Å²) in [5.74, 6) is -4.47. The Labute approximate surface area is 386 Å². The fourth-order valence-corrected chi connectivity index (χ4v) is 13.8. The Morgan fingerprint density at radius 3 is 1.91 bits per heavy atom. The highest BCUT2D eigenvalue weighted by Gasteiger charge is 2.71. The fourth-order valence-electron chi connectivity index (χ4n) is 13.8. The molecule has 1 aromatic heterocycles. The summed E-state index contributed by atoms with van der Waals surface area (Å²) in [4.78, 5) is 76.2. The number of aliphatic carboxylic acids is 3. The van der Waals surface area contributed by atoms with E-state index in [9.17, 15) is 69.6 Å². The number of ether oxygens (including phenoxy) is 4.